The Morgan fingerprint density at radius 3 is 2.50 bits per heavy atom. The van der Waals surface area contributed by atoms with Crippen LogP contribution in [0, 0.1) is 0 Å². The standard InChI is InChI=1S/C15H16O3/c1-11(2)15(16)18-14-9-7-13(8-10-14)17-12-5-3-4-6-12/h3,5,7-10,12H,1,4,6H2,2H3. The maximum Gasteiger partial charge on any atom is 0.338 e. The predicted octanol–water partition coefficient (Wildman–Crippen LogP) is 3.27. The van der Waals surface area contributed by atoms with Crippen molar-refractivity contribution in [1.29, 1.82) is 0 Å². The van der Waals surface area contributed by atoms with Gasteiger partial charge in [-0.25, -0.2) is 4.79 Å². The minimum absolute atomic E-state index is 0.161. The third kappa shape index (κ3) is 3.23. The maximum atomic E-state index is 11.3. The van der Waals surface area contributed by atoms with Gasteiger partial charge in [0.1, 0.15) is 17.6 Å². The van der Waals surface area contributed by atoms with E-state index in [1.165, 1.54) is 0 Å². The fourth-order valence-electron chi connectivity index (χ4n) is 1.66. The second-order valence-electron chi connectivity index (χ2n) is 4.30. The van der Waals surface area contributed by atoms with E-state index < -0.39 is 5.97 Å². The first-order valence-electron chi connectivity index (χ1n) is 5.96. The Hall–Kier alpha value is -2.03. The highest BCUT2D eigenvalue weighted by atomic mass is 16.5. The largest absolute Gasteiger partial charge is 0.486 e. The molecule has 0 amide bonds. The molecule has 3 nitrogen and oxygen atoms in total. The topological polar surface area (TPSA) is 35.5 Å². The van der Waals surface area contributed by atoms with E-state index in [1.54, 1.807) is 31.2 Å². The molecule has 1 unspecified atom stereocenters. The molecule has 0 saturated heterocycles. The Kier molecular flexibility index (Phi) is 3.82. The summed E-state index contributed by atoms with van der Waals surface area (Å²) in [6, 6.07) is 7.03. The number of hydrogen-bond acceptors (Lipinski definition) is 3. The molecule has 0 heterocycles. The van der Waals surface area contributed by atoms with E-state index in [0.717, 1.165) is 18.6 Å². The summed E-state index contributed by atoms with van der Waals surface area (Å²) in [6.07, 6.45) is 6.43. The summed E-state index contributed by atoms with van der Waals surface area (Å²) < 4.78 is 10.8. The number of hydrogen-bond donors (Lipinski definition) is 0. The molecule has 18 heavy (non-hydrogen) atoms. The SMILES string of the molecule is C=C(C)C(=O)Oc1ccc(OC2C=CCC2)cc1. The van der Waals surface area contributed by atoms with E-state index in [9.17, 15) is 4.79 Å². The molecule has 94 valence electrons. The number of carbonyl (C=O) groups is 1. The number of benzene rings is 1. The van der Waals surface area contributed by atoms with Crippen molar-refractivity contribution in [2.24, 2.45) is 0 Å². The van der Waals surface area contributed by atoms with Gasteiger partial charge >= 0.3 is 5.97 Å². The number of ether oxygens (including phenoxy) is 2. The first-order chi connectivity index (χ1) is 8.65. The van der Waals surface area contributed by atoms with E-state index in [1.807, 2.05) is 0 Å². The third-order valence-electron chi connectivity index (χ3n) is 2.64. The van der Waals surface area contributed by atoms with Crippen LogP contribution in [0.15, 0.2) is 48.6 Å². The molecule has 0 saturated carbocycles. The average molecular weight is 244 g/mol. The summed E-state index contributed by atoms with van der Waals surface area (Å²) in [6.45, 7) is 5.15. The van der Waals surface area contributed by atoms with Crippen molar-refractivity contribution in [2.75, 3.05) is 0 Å². The van der Waals surface area contributed by atoms with Gasteiger partial charge in [-0.2, -0.15) is 0 Å². The van der Waals surface area contributed by atoms with Gasteiger partial charge in [0.2, 0.25) is 0 Å². The lowest BCUT2D eigenvalue weighted by atomic mass is 10.3. The first-order valence-corrected chi connectivity index (χ1v) is 5.96. The molecule has 0 radical (unpaired) electrons. The molecule has 1 aliphatic rings. The van der Waals surface area contributed by atoms with Crippen molar-refractivity contribution in [3.63, 3.8) is 0 Å². The molecule has 0 N–H and O–H groups in total. The Labute approximate surface area is 107 Å². The van der Waals surface area contributed by atoms with Gasteiger partial charge in [-0.05, 0) is 50.1 Å². The van der Waals surface area contributed by atoms with Crippen molar-refractivity contribution in [3.05, 3.63) is 48.6 Å². The van der Waals surface area contributed by atoms with Crippen LogP contribution in [0.2, 0.25) is 0 Å². The lowest BCUT2D eigenvalue weighted by molar-refractivity contribution is -0.130. The molecular formula is C15H16O3. The Balaban J connectivity index is 1.94. The van der Waals surface area contributed by atoms with Crippen LogP contribution in [-0.4, -0.2) is 12.1 Å². The van der Waals surface area contributed by atoms with Crippen LogP contribution in [0.25, 0.3) is 0 Å². The highest BCUT2D eigenvalue weighted by Gasteiger charge is 2.11. The fourth-order valence-corrected chi connectivity index (χ4v) is 1.66. The zero-order valence-electron chi connectivity index (χ0n) is 10.4. The Morgan fingerprint density at radius 1 is 1.28 bits per heavy atom. The molecule has 0 spiro atoms. The minimum Gasteiger partial charge on any atom is -0.486 e. The molecule has 0 aromatic heterocycles. The van der Waals surface area contributed by atoms with Crippen LogP contribution in [0.5, 0.6) is 11.5 Å². The zero-order valence-corrected chi connectivity index (χ0v) is 10.4. The van der Waals surface area contributed by atoms with Gasteiger partial charge in [0.15, 0.2) is 0 Å². The lowest BCUT2D eigenvalue weighted by Crippen LogP contribution is -2.10. The van der Waals surface area contributed by atoms with Crippen LogP contribution in [-0.2, 0) is 4.79 Å². The molecule has 1 atom stereocenters. The van der Waals surface area contributed by atoms with Crippen molar-refractivity contribution >= 4 is 5.97 Å². The normalized spacial score (nSPS) is 17.5. The Bertz CT molecular complexity index is 471. The number of rotatable bonds is 4. The van der Waals surface area contributed by atoms with E-state index >= 15 is 0 Å². The summed E-state index contributed by atoms with van der Waals surface area (Å²) >= 11 is 0. The summed E-state index contributed by atoms with van der Waals surface area (Å²) in [5.74, 6) is 0.862. The summed E-state index contributed by atoms with van der Waals surface area (Å²) in [7, 11) is 0. The fraction of sp³-hybridized carbons (Fsp3) is 0.267. The highest BCUT2D eigenvalue weighted by molar-refractivity contribution is 5.88. The number of esters is 1. The Morgan fingerprint density at radius 2 is 1.94 bits per heavy atom. The van der Waals surface area contributed by atoms with Crippen LogP contribution < -0.4 is 9.47 Å². The van der Waals surface area contributed by atoms with Gasteiger partial charge < -0.3 is 9.47 Å². The van der Waals surface area contributed by atoms with Gasteiger partial charge in [0.25, 0.3) is 0 Å². The van der Waals surface area contributed by atoms with E-state index in [0.29, 0.717) is 11.3 Å². The zero-order chi connectivity index (χ0) is 13.0. The third-order valence-corrected chi connectivity index (χ3v) is 2.64. The highest BCUT2D eigenvalue weighted by Crippen LogP contribution is 2.22. The molecule has 0 fully saturated rings. The molecule has 1 aromatic rings. The maximum absolute atomic E-state index is 11.3. The molecule has 3 heteroatoms. The summed E-state index contributed by atoms with van der Waals surface area (Å²) in [5, 5.41) is 0. The van der Waals surface area contributed by atoms with Gasteiger partial charge in [-0.3, -0.25) is 0 Å². The summed E-state index contributed by atoms with van der Waals surface area (Å²) in [5.41, 5.74) is 0.381. The molecule has 0 bridgehead atoms. The predicted molar refractivity (Wildman–Crippen MR) is 69.7 cm³/mol. The van der Waals surface area contributed by atoms with Crippen LogP contribution in [0.1, 0.15) is 19.8 Å². The average Bonchev–Trinajstić information content (AvgIpc) is 2.84. The van der Waals surface area contributed by atoms with Gasteiger partial charge in [-0.1, -0.05) is 12.7 Å². The number of carbonyl (C=O) groups excluding carboxylic acids is 1. The van der Waals surface area contributed by atoms with Gasteiger partial charge in [0.05, 0.1) is 0 Å². The number of allylic oxidation sites excluding steroid dienone is 1. The molecule has 2 rings (SSSR count). The summed E-state index contributed by atoms with van der Waals surface area (Å²) in [4.78, 5) is 11.3. The van der Waals surface area contributed by atoms with Crippen LogP contribution in [0.3, 0.4) is 0 Å². The van der Waals surface area contributed by atoms with Gasteiger partial charge in [0, 0.05) is 5.57 Å². The molecular weight excluding hydrogens is 228 g/mol. The van der Waals surface area contributed by atoms with Crippen LogP contribution >= 0.6 is 0 Å². The van der Waals surface area contributed by atoms with Crippen molar-refractivity contribution in [2.45, 2.75) is 25.9 Å². The van der Waals surface area contributed by atoms with Crippen molar-refractivity contribution < 1.29 is 14.3 Å². The first kappa shape index (κ1) is 12.4. The van der Waals surface area contributed by atoms with Gasteiger partial charge in [-0.15, -0.1) is 0 Å². The van der Waals surface area contributed by atoms with E-state index in [2.05, 4.69) is 18.7 Å². The molecule has 1 aromatic carbocycles. The second kappa shape index (κ2) is 5.54. The monoisotopic (exact) mass is 244 g/mol. The quantitative estimate of drug-likeness (QED) is 0.353. The van der Waals surface area contributed by atoms with E-state index in [4.69, 9.17) is 9.47 Å². The molecule has 1 aliphatic carbocycles. The van der Waals surface area contributed by atoms with Crippen molar-refractivity contribution in [1.82, 2.24) is 0 Å². The minimum atomic E-state index is -0.414. The van der Waals surface area contributed by atoms with E-state index in [-0.39, 0.29) is 6.10 Å². The lowest BCUT2D eigenvalue weighted by Gasteiger charge is -2.12. The molecule has 0 aliphatic heterocycles. The second-order valence-corrected chi connectivity index (χ2v) is 4.30. The van der Waals surface area contributed by atoms with Crippen LogP contribution in [0.4, 0.5) is 0 Å². The smallest absolute Gasteiger partial charge is 0.338 e. The van der Waals surface area contributed by atoms with Crippen molar-refractivity contribution in [3.8, 4) is 11.5 Å².